The second kappa shape index (κ2) is 5.77. The monoisotopic (exact) mass is 368 g/mol. The zero-order valence-electron chi connectivity index (χ0n) is 10.8. The smallest absolute Gasteiger partial charge is 0.247 e. The molecular formula is C11H17BrN2O3S2. The highest BCUT2D eigenvalue weighted by molar-refractivity contribution is 9.10. The molecule has 0 radical (unpaired) electrons. The zero-order chi connectivity index (χ0) is 14.2. The molecule has 0 spiro atoms. The van der Waals surface area contributed by atoms with Crippen molar-refractivity contribution >= 4 is 37.7 Å². The number of nitrogens with zero attached hydrogens (tertiary/aromatic N) is 1. The molecule has 19 heavy (non-hydrogen) atoms. The highest BCUT2D eigenvalue weighted by Gasteiger charge is 2.34. The summed E-state index contributed by atoms with van der Waals surface area (Å²) in [6.07, 6.45) is 0. The van der Waals surface area contributed by atoms with Gasteiger partial charge in [0.15, 0.2) is 4.67 Å². The summed E-state index contributed by atoms with van der Waals surface area (Å²) in [5.41, 5.74) is 5.47. The van der Waals surface area contributed by atoms with Gasteiger partial charge in [-0.1, -0.05) is 13.8 Å². The van der Waals surface area contributed by atoms with Gasteiger partial charge in [0.25, 0.3) is 0 Å². The summed E-state index contributed by atoms with van der Waals surface area (Å²) in [5.74, 6) is 0.456. The number of rotatable bonds is 3. The summed E-state index contributed by atoms with van der Waals surface area (Å²) >= 11 is 4.97. The highest BCUT2D eigenvalue weighted by Crippen LogP contribution is 2.33. The summed E-state index contributed by atoms with van der Waals surface area (Å²) in [5, 5.41) is 0.580. The first-order valence-corrected chi connectivity index (χ1v) is 9.16. The zero-order valence-corrected chi connectivity index (χ0v) is 14.0. The maximum Gasteiger partial charge on any atom is 0.247 e. The van der Waals surface area contributed by atoms with Crippen molar-refractivity contribution in [2.75, 3.05) is 13.1 Å². The Labute approximate surface area is 126 Å². The molecule has 0 bridgehead atoms. The quantitative estimate of drug-likeness (QED) is 0.882. The molecule has 0 aliphatic carbocycles. The van der Waals surface area contributed by atoms with E-state index in [0.717, 1.165) is 0 Å². The molecular weight excluding hydrogens is 352 g/mol. The molecule has 2 N–H and O–H groups in total. The fourth-order valence-corrected chi connectivity index (χ4v) is 6.23. The third kappa shape index (κ3) is 3.18. The van der Waals surface area contributed by atoms with Crippen LogP contribution in [0.1, 0.15) is 19.6 Å². The van der Waals surface area contributed by atoms with E-state index in [1.54, 1.807) is 0 Å². The van der Waals surface area contributed by atoms with E-state index in [-0.39, 0.29) is 26.6 Å². The van der Waals surface area contributed by atoms with Crippen molar-refractivity contribution in [3.8, 4) is 0 Å². The molecule has 108 valence electrons. The Morgan fingerprint density at radius 2 is 2.05 bits per heavy atom. The van der Waals surface area contributed by atoms with E-state index in [1.807, 2.05) is 25.6 Å². The Bertz CT molecular complexity index is 548. The van der Waals surface area contributed by atoms with Gasteiger partial charge in [-0.05, 0) is 15.9 Å². The molecule has 1 aromatic rings. The largest absolute Gasteiger partial charge is 0.452 e. The van der Waals surface area contributed by atoms with Crippen LogP contribution < -0.4 is 5.73 Å². The van der Waals surface area contributed by atoms with Crippen LogP contribution in [-0.4, -0.2) is 36.3 Å². The Kier molecular flexibility index (Phi) is 4.67. The Morgan fingerprint density at radius 3 is 2.53 bits per heavy atom. The van der Waals surface area contributed by atoms with E-state index < -0.39 is 10.0 Å². The minimum Gasteiger partial charge on any atom is -0.452 e. The number of nitrogens with two attached hydrogens (primary N) is 1. The SMILES string of the molecule is CC1CN(S(=O)(=O)c2cc(CN)oc2Br)CC(C)S1. The van der Waals surface area contributed by atoms with E-state index in [2.05, 4.69) is 15.9 Å². The van der Waals surface area contributed by atoms with Crippen molar-refractivity contribution in [2.45, 2.75) is 35.8 Å². The molecule has 1 fully saturated rings. The summed E-state index contributed by atoms with van der Waals surface area (Å²) in [6.45, 7) is 5.30. The van der Waals surface area contributed by atoms with Crippen LogP contribution >= 0.6 is 27.7 Å². The summed E-state index contributed by atoms with van der Waals surface area (Å²) in [6, 6.07) is 1.50. The average Bonchev–Trinajstić information content (AvgIpc) is 2.70. The minimum atomic E-state index is -3.52. The van der Waals surface area contributed by atoms with E-state index in [4.69, 9.17) is 10.2 Å². The Balaban J connectivity index is 2.33. The molecule has 1 aromatic heterocycles. The van der Waals surface area contributed by atoms with Crippen molar-refractivity contribution in [3.63, 3.8) is 0 Å². The van der Waals surface area contributed by atoms with Crippen molar-refractivity contribution in [2.24, 2.45) is 5.73 Å². The fourth-order valence-electron chi connectivity index (χ4n) is 2.14. The van der Waals surface area contributed by atoms with Gasteiger partial charge in [-0.3, -0.25) is 0 Å². The lowest BCUT2D eigenvalue weighted by Gasteiger charge is -2.33. The van der Waals surface area contributed by atoms with Gasteiger partial charge in [-0.25, -0.2) is 8.42 Å². The molecule has 0 saturated carbocycles. The first kappa shape index (κ1) is 15.4. The van der Waals surface area contributed by atoms with Crippen LogP contribution in [0.15, 0.2) is 20.0 Å². The molecule has 2 atom stereocenters. The second-order valence-corrected chi connectivity index (χ2v) is 9.14. The van der Waals surface area contributed by atoms with Gasteiger partial charge in [0.1, 0.15) is 10.7 Å². The first-order chi connectivity index (χ1) is 8.84. The molecule has 1 saturated heterocycles. The number of hydrogen-bond acceptors (Lipinski definition) is 5. The maximum atomic E-state index is 12.6. The van der Waals surface area contributed by atoms with Gasteiger partial charge in [0.2, 0.25) is 10.0 Å². The van der Waals surface area contributed by atoms with E-state index in [9.17, 15) is 8.42 Å². The molecule has 0 aromatic carbocycles. The van der Waals surface area contributed by atoms with Gasteiger partial charge in [-0.2, -0.15) is 16.1 Å². The van der Waals surface area contributed by atoms with Crippen molar-refractivity contribution in [1.29, 1.82) is 0 Å². The van der Waals surface area contributed by atoms with Gasteiger partial charge in [-0.15, -0.1) is 0 Å². The lowest BCUT2D eigenvalue weighted by Crippen LogP contribution is -2.43. The standard InChI is InChI=1S/C11H17BrN2O3S2/c1-7-5-14(6-8(2)18-7)19(15,16)10-3-9(4-13)17-11(10)12/h3,7-8H,4-6,13H2,1-2H3. The lowest BCUT2D eigenvalue weighted by atomic mass is 10.4. The molecule has 1 aliphatic heterocycles. The first-order valence-electron chi connectivity index (χ1n) is 5.98. The fraction of sp³-hybridized carbons (Fsp3) is 0.636. The summed E-state index contributed by atoms with van der Waals surface area (Å²) in [7, 11) is -3.52. The van der Waals surface area contributed by atoms with Crippen molar-refractivity contribution < 1.29 is 12.8 Å². The number of halogens is 1. The van der Waals surface area contributed by atoms with Gasteiger partial charge in [0.05, 0.1) is 6.54 Å². The van der Waals surface area contributed by atoms with E-state index >= 15 is 0 Å². The van der Waals surface area contributed by atoms with E-state index in [1.165, 1.54) is 10.4 Å². The van der Waals surface area contributed by atoms with Crippen LogP contribution in [-0.2, 0) is 16.6 Å². The molecule has 8 heteroatoms. The van der Waals surface area contributed by atoms with Crippen LogP contribution in [0.25, 0.3) is 0 Å². The number of sulfonamides is 1. The van der Waals surface area contributed by atoms with Crippen molar-refractivity contribution in [3.05, 3.63) is 16.5 Å². The second-order valence-electron chi connectivity index (χ2n) is 4.63. The van der Waals surface area contributed by atoms with Crippen LogP contribution in [0.3, 0.4) is 0 Å². The molecule has 2 unspecified atom stereocenters. The lowest BCUT2D eigenvalue weighted by molar-refractivity contribution is 0.402. The van der Waals surface area contributed by atoms with E-state index in [0.29, 0.717) is 18.8 Å². The predicted octanol–water partition coefficient (Wildman–Crippen LogP) is 2.02. The average molecular weight is 369 g/mol. The van der Waals surface area contributed by atoms with Gasteiger partial charge >= 0.3 is 0 Å². The Hall–Kier alpha value is -0.0200. The van der Waals surface area contributed by atoms with Crippen LogP contribution in [0, 0.1) is 0 Å². The molecule has 2 rings (SSSR count). The van der Waals surface area contributed by atoms with Crippen molar-refractivity contribution in [1.82, 2.24) is 4.31 Å². The van der Waals surface area contributed by atoms with Crippen LogP contribution in [0.4, 0.5) is 0 Å². The molecule has 1 aliphatic rings. The predicted molar refractivity (Wildman–Crippen MR) is 79.6 cm³/mol. The Morgan fingerprint density at radius 1 is 1.47 bits per heavy atom. The molecule has 0 amide bonds. The minimum absolute atomic E-state index is 0.166. The molecule has 2 heterocycles. The third-order valence-corrected chi connectivity index (χ3v) is 6.83. The molecule has 5 nitrogen and oxygen atoms in total. The number of furan rings is 1. The summed E-state index contributed by atoms with van der Waals surface area (Å²) in [4.78, 5) is 0.166. The topological polar surface area (TPSA) is 76.5 Å². The van der Waals surface area contributed by atoms with Gasteiger partial charge in [0, 0.05) is 29.7 Å². The third-order valence-electron chi connectivity index (χ3n) is 2.91. The van der Waals surface area contributed by atoms with Crippen LogP contribution in [0.5, 0.6) is 0 Å². The maximum absolute atomic E-state index is 12.6. The van der Waals surface area contributed by atoms with Gasteiger partial charge < -0.3 is 10.2 Å². The van der Waals surface area contributed by atoms with Crippen LogP contribution in [0.2, 0.25) is 0 Å². The number of hydrogen-bond donors (Lipinski definition) is 1. The number of thioether (sulfide) groups is 1. The highest BCUT2D eigenvalue weighted by atomic mass is 79.9. The normalized spacial score (nSPS) is 25.7. The summed E-state index contributed by atoms with van der Waals surface area (Å²) < 4.78 is 32.3.